The molecule has 172 valence electrons. The highest BCUT2D eigenvalue weighted by atomic mass is 16.1. The van der Waals surface area contributed by atoms with Gasteiger partial charge < -0.3 is 9.80 Å². The zero-order chi connectivity index (χ0) is 22.7. The Morgan fingerprint density at radius 2 is 1.78 bits per heavy atom. The number of ketones is 1. The first kappa shape index (κ1) is 22.8. The average Bonchev–Trinajstić information content (AvgIpc) is 3.23. The lowest BCUT2D eigenvalue weighted by molar-refractivity contribution is -0.120. The van der Waals surface area contributed by atoms with Gasteiger partial charge in [0.25, 0.3) is 0 Å². The second-order valence-electron chi connectivity index (χ2n) is 10.5. The molecule has 0 spiro atoms. The van der Waals surface area contributed by atoms with Crippen LogP contribution in [0, 0.1) is 12.3 Å². The largest absolute Gasteiger partial charge is 0.371 e. The molecular weight excluding hydrogens is 396 g/mol. The highest BCUT2D eigenvalue weighted by Gasteiger charge is 2.28. The van der Waals surface area contributed by atoms with Gasteiger partial charge in [-0.25, -0.2) is 4.68 Å². The maximum absolute atomic E-state index is 13.2. The topological polar surface area (TPSA) is 41.4 Å². The van der Waals surface area contributed by atoms with Crippen molar-refractivity contribution in [3.63, 3.8) is 0 Å². The van der Waals surface area contributed by atoms with Gasteiger partial charge in [-0.3, -0.25) is 4.79 Å². The first-order valence-electron chi connectivity index (χ1n) is 12.2. The summed E-state index contributed by atoms with van der Waals surface area (Å²) in [6.45, 7) is 12.6. The molecule has 32 heavy (non-hydrogen) atoms. The molecule has 0 radical (unpaired) electrons. The van der Waals surface area contributed by atoms with Gasteiger partial charge in [0.1, 0.15) is 5.70 Å². The zero-order valence-corrected chi connectivity index (χ0v) is 20.2. The van der Waals surface area contributed by atoms with Crippen LogP contribution in [0.3, 0.4) is 0 Å². The summed E-state index contributed by atoms with van der Waals surface area (Å²) in [5.41, 5.74) is 3.48. The highest BCUT2D eigenvalue weighted by molar-refractivity contribution is 6.21. The van der Waals surface area contributed by atoms with Crippen molar-refractivity contribution in [2.45, 2.75) is 65.8 Å². The fraction of sp³-hybridized carbons (Fsp3) is 0.556. The van der Waals surface area contributed by atoms with Crippen molar-refractivity contribution in [1.82, 2.24) is 14.7 Å². The molecule has 5 heteroatoms. The fourth-order valence-electron chi connectivity index (χ4n) is 4.91. The van der Waals surface area contributed by atoms with Gasteiger partial charge in [0, 0.05) is 36.4 Å². The second kappa shape index (κ2) is 9.62. The number of aromatic nitrogens is 2. The standard InChI is InChI=1S/C27H38N4O/c1-21-19-28-31(20-21)25(26(32)27(2,3)4)18-22-9-8-10-24(17-22)30-15-11-23(12-16-30)29-13-6-5-7-14-29/h8-10,17-20,23H,5-7,11-16H2,1-4H3/b25-18-. The molecule has 2 aliphatic heterocycles. The van der Waals surface area contributed by atoms with E-state index in [1.807, 2.05) is 40.0 Å². The van der Waals surface area contributed by atoms with E-state index in [-0.39, 0.29) is 5.78 Å². The maximum Gasteiger partial charge on any atom is 0.186 e. The number of carbonyl (C=O) groups excluding carboxylic acids is 1. The van der Waals surface area contributed by atoms with Crippen molar-refractivity contribution in [3.05, 3.63) is 47.8 Å². The number of anilines is 1. The van der Waals surface area contributed by atoms with E-state index in [2.05, 4.69) is 39.2 Å². The molecule has 1 aromatic carbocycles. The normalized spacial score (nSPS) is 19.4. The zero-order valence-electron chi connectivity index (χ0n) is 20.2. The molecule has 2 aliphatic rings. The summed E-state index contributed by atoms with van der Waals surface area (Å²) in [4.78, 5) is 18.4. The quantitative estimate of drug-likeness (QED) is 0.602. The van der Waals surface area contributed by atoms with E-state index in [1.54, 1.807) is 10.9 Å². The molecule has 4 rings (SSSR count). The Morgan fingerprint density at radius 1 is 1.06 bits per heavy atom. The van der Waals surface area contributed by atoms with Crippen LogP contribution in [0.25, 0.3) is 11.8 Å². The van der Waals surface area contributed by atoms with Crippen LogP contribution in [0.4, 0.5) is 5.69 Å². The van der Waals surface area contributed by atoms with Crippen molar-refractivity contribution >= 4 is 23.2 Å². The summed E-state index contributed by atoms with van der Waals surface area (Å²) < 4.78 is 1.72. The van der Waals surface area contributed by atoms with Gasteiger partial charge in [0.15, 0.2) is 5.78 Å². The number of rotatable bonds is 5. The summed E-state index contributed by atoms with van der Waals surface area (Å²) in [5, 5.41) is 4.42. The van der Waals surface area contributed by atoms with Crippen LogP contribution in [0.15, 0.2) is 36.7 Å². The maximum atomic E-state index is 13.2. The molecule has 0 bridgehead atoms. The van der Waals surface area contributed by atoms with Crippen LogP contribution in [0.2, 0.25) is 0 Å². The van der Waals surface area contributed by atoms with Gasteiger partial charge in [0.2, 0.25) is 0 Å². The lowest BCUT2D eigenvalue weighted by Gasteiger charge is -2.41. The minimum atomic E-state index is -0.473. The molecular formula is C27H38N4O. The van der Waals surface area contributed by atoms with Gasteiger partial charge in [-0.15, -0.1) is 0 Å². The summed E-state index contributed by atoms with van der Waals surface area (Å²) in [7, 11) is 0. The minimum absolute atomic E-state index is 0.0911. The van der Waals surface area contributed by atoms with Crippen LogP contribution < -0.4 is 4.90 Å². The molecule has 1 aromatic heterocycles. The number of carbonyl (C=O) groups is 1. The number of likely N-dealkylation sites (tertiary alicyclic amines) is 1. The van der Waals surface area contributed by atoms with Gasteiger partial charge in [-0.2, -0.15) is 5.10 Å². The van der Waals surface area contributed by atoms with E-state index >= 15 is 0 Å². The average molecular weight is 435 g/mol. The van der Waals surface area contributed by atoms with Gasteiger partial charge >= 0.3 is 0 Å². The third-order valence-corrected chi connectivity index (χ3v) is 6.78. The van der Waals surface area contributed by atoms with Crippen molar-refractivity contribution in [1.29, 1.82) is 0 Å². The number of aryl methyl sites for hydroxylation is 1. The third-order valence-electron chi connectivity index (χ3n) is 6.78. The van der Waals surface area contributed by atoms with Gasteiger partial charge in [0.05, 0.1) is 6.20 Å². The Kier molecular flexibility index (Phi) is 6.85. The predicted octanol–water partition coefficient (Wildman–Crippen LogP) is 5.26. The van der Waals surface area contributed by atoms with Crippen molar-refractivity contribution < 1.29 is 4.79 Å². The summed E-state index contributed by atoms with van der Waals surface area (Å²) in [6.07, 6.45) is 12.3. The monoisotopic (exact) mass is 434 g/mol. The van der Waals surface area contributed by atoms with Crippen molar-refractivity contribution in [3.8, 4) is 0 Å². The van der Waals surface area contributed by atoms with E-state index < -0.39 is 5.41 Å². The van der Waals surface area contributed by atoms with E-state index in [0.29, 0.717) is 5.70 Å². The van der Waals surface area contributed by atoms with E-state index in [1.165, 1.54) is 50.9 Å². The lowest BCUT2D eigenvalue weighted by atomic mass is 9.88. The Morgan fingerprint density at radius 3 is 2.41 bits per heavy atom. The number of Topliss-reactive ketones (excluding diaryl/α,β-unsaturated/α-hetero) is 1. The molecule has 2 fully saturated rings. The molecule has 2 aromatic rings. The first-order valence-corrected chi connectivity index (χ1v) is 12.2. The molecule has 0 atom stereocenters. The highest BCUT2D eigenvalue weighted by Crippen LogP contribution is 2.28. The van der Waals surface area contributed by atoms with Gasteiger partial charge in [-0.05, 0) is 75.0 Å². The van der Waals surface area contributed by atoms with Crippen LogP contribution in [-0.4, -0.2) is 52.7 Å². The van der Waals surface area contributed by atoms with Crippen LogP contribution in [-0.2, 0) is 4.79 Å². The number of allylic oxidation sites excluding steroid dienone is 1. The Hall–Kier alpha value is -2.40. The summed E-state index contributed by atoms with van der Waals surface area (Å²) in [6, 6.07) is 9.34. The lowest BCUT2D eigenvalue weighted by Crippen LogP contribution is -2.46. The van der Waals surface area contributed by atoms with E-state index in [4.69, 9.17) is 0 Å². The Labute approximate surface area is 193 Å². The van der Waals surface area contributed by atoms with Crippen molar-refractivity contribution in [2.24, 2.45) is 5.41 Å². The number of nitrogens with zero attached hydrogens (tertiary/aromatic N) is 4. The molecule has 0 amide bonds. The van der Waals surface area contributed by atoms with Crippen LogP contribution in [0.5, 0.6) is 0 Å². The number of piperidine rings is 2. The van der Waals surface area contributed by atoms with E-state index in [0.717, 1.165) is 30.3 Å². The fourth-order valence-corrected chi connectivity index (χ4v) is 4.91. The number of benzene rings is 1. The molecule has 0 aliphatic carbocycles. The molecule has 2 saturated heterocycles. The van der Waals surface area contributed by atoms with Gasteiger partial charge in [-0.1, -0.05) is 39.3 Å². The van der Waals surface area contributed by atoms with Crippen LogP contribution >= 0.6 is 0 Å². The molecule has 0 saturated carbocycles. The summed E-state index contributed by atoms with van der Waals surface area (Å²) >= 11 is 0. The van der Waals surface area contributed by atoms with E-state index in [9.17, 15) is 4.79 Å². The molecule has 0 N–H and O–H groups in total. The second-order valence-corrected chi connectivity index (χ2v) is 10.5. The number of hydrogen-bond acceptors (Lipinski definition) is 4. The SMILES string of the molecule is Cc1cnn(/C(=C\c2cccc(N3CCC(N4CCCCC4)CC3)c2)C(=O)C(C)(C)C)c1. The minimum Gasteiger partial charge on any atom is -0.371 e. The number of hydrogen-bond donors (Lipinski definition) is 0. The molecule has 3 heterocycles. The molecule has 5 nitrogen and oxygen atoms in total. The third kappa shape index (κ3) is 5.32. The Bertz CT molecular complexity index is 954. The van der Waals surface area contributed by atoms with Crippen molar-refractivity contribution in [2.75, 3.05) is 31.1 Å². The predicted molar refractivity (Wildman–Crippen MR) is 133 cm³/mol. The first-order chi connectivity index (χ1) is 15.3. The van der Waals surface area contributed by atoms with Crippen LogP contribution in [0.1, 0.15) is 64.0 Å². The smallest absolute Gasteiger partial charge is 0.186 e. The molecule has 0 unspecified atom stereocenters. The summed E-state index contributed by atoms with van der Waals surface area (Å²) in [5.74, 6) is 0.0911. The Balaban J connectivity index is 1.52.